The molecular weight excluding hydrogens is 454 g/mol. The van der Waals surface area contributed by atoms with Crippen molar-refractivity contribution in [1.29, 1.82) is 0 Å². The van der Waals surface area contributed by atoms with Crippen LogP contribution in [0.25, 0.3) is 11.4 Å². The molecule has 0 spiro atoms. The Kier molecular flexibility index (Phi) is 7.10. The largest absolute Gasteiger partial charge is 0.457 e. The molecule has 2 aromatic heterocycles. The first kappa shape index (κ1) is 25.0. The van der Waals surface area contributed by atoms with Crippen molar-refractivity contribution in [2.45, 2.75) is 40.0 Å². The first-order chi connectivity index (χ1) is 17.3. The third-order valence-electron chi connectivity index (χ3n) is 6.72. The predicted molar refractivity (Wildman–Crippen MR) is 139 cm³/mol. The number of nitrogens with zero attached hydrogens (tertiary/aromatic N) is 3. The van der Waals surface area contributed by atoms with Gasteiger partial charge in [-0.15, -0.1) is 0 Å². The molecule has 0 saturated heterocycles. The minimum atomic E-state index is -0.421. The van der Waals surface area contributed by atoms with Crippen LogP contribution in [0.2, 0.25) is 0 Å². The lowest BCUT2D eigenvalue weighted by Gasteiger charge is -2.14. The van der Waals surface area contributed by atoms with Crippen molar-refractivity contribution in [1.82, 2.24) is 13.9 Å². The average molecular weight is 486 g/mol. The molecule has 0 N–H and O–H groups in total. The normalized spacial score (nSPS) is 11.9. The number of ether oxygens (including phenoxy) is 1. The fourth-order valence-electron chi connectivity index (χ4n) is 4.74. The summed E-state index contributed by atoms with van der Waals surface area (Å²) in [5.74, 6) is -1.15. The van der Waals surface area contributed by atoms with Crippen molar-refractivity contribution in [3.05, 3.63) is 105 Å². The number of para-hydroxylation sites is 1. The molecule has 2 heterocycles. The van der Waals surface area contributed by atoms with Crippen LogP contribution in [0.15, 0.2) is 71.5 Å². The summed E-state index contributed by atoms with van der Waals surface area (Å²) in [6.45, 7) is 7.11. The molecule has 7 nitrogen and oxygen atoms in total. The van der Waals surface area contributed by atoms with Crippen molar-refractivity contribution in [2.24, 2.45) is 7.05 Å². The van der Waals surface area contributed by atoms with E-state index in [0.29, 0.717) is 23.4 Å². The van der Waals surface area contributed by atoms with Crippen molar-refractivity contribution in [2.75, 3.05) is 6.61 Å². The number of Topliss-reactive ketones (excluding diaryl/α,β-unsaturated/α-hetero) is 1. The van der Waals surface area contributed by atoms with Crippen molar-refractivity contribution in [3.8, 4) is 11.4 Å². The zero-order valence-corrected chi connectivity index (χ0v) is 21.3. The van der Waals surface area contributed by atoms with Crippen LogP contribution >= 0.6 is 0 Å². The second kappa shape index (κ2) is 10.2. The Bertz CT molecular complexity index is 1460. The molecule has 0 saturated carbocycles. The van der Waals surface area contributed by atoms with Gasteiger partial charge in [0.2, 0.25) is 5.78 Å². The molecule has 2 aromatic carbocycles. The molecule has 0 radical (unpaired) electrons. The predicted octanol–water partition coefficient (Wildman–Crippen LogP) is 4.81. The van der Waals surface area contributed by atoms with E-state index in [-0.39, 0.29) is 17.9 Å². The minimum Gasteiger partial charge on any atom is -0.457 e. The lowest BCUT2D eigenvalue weighted by molar-refractivity contribution is -0.144. The van der Waals surface area contributed by atoms with Gasteiger partial charge in [-0.1, -0.05) is 55.5 Å². The highest BCUT2D eigenvalue weighted by molar-refractivity contribution is 5.99. The monoisotopic (exact) mass is 485 g/mol. The maximum Gasteiger partial charge on any atom is 0.313 e. The van der Waals surface area contributed by atoms with Crippen LogP contribution in [-0.4, -0.2) is 32.3 Å². The van der Waals surface area contributed by atoms with Gasteiger partial charge < -0.3 is 9.30 Å². The fraction of sp³-hybridized carbons (Fsp3) is 0.276. The third kappa shape index (κ3) is 4.44. The number of ketones is 1. The number of esters is 1. The second-order valence-electron chi connectivity index (χ2n) is 8.93. The molecule has 1 atom stereocenters. The lowest BCUT2D eigenvalue weighted by atomic mass is 9.97. The summed E-state index contributed by atoms with van der Waals surface area (Å²) in [7, 11) is 1.84. The first-order valence-electron chi connectivity index (χ1n) is 12.0. The van der Waals surface area contributed by atoms with E-state index in [4.69, 9.17) is 4.74 Å². The number of carbonyl (C=O) groups excluding carboxylic acids is 2. The Labute approximate surface area is 210 Å². The summed E-state index contributed by atoms with van der Waals surface area (Å²) < 4.78 is 10.7. The number of aromatic nitrogens is 3. The lowest BCUT2D eigenvalue weighted by Crippen LogP contribution is -2.22. The second-order valence-corrected chi connectivity index (χ2v) is 8.93. The number of hydrogen-bond donors (Lipinski definition) is 0. The summed E-state index contributed by atoms with van der Waals surface area (Å²) in [5.41, 5.74) is 4.52. The standard InChI is InChI=1S/C29H31N3O4/c1-6-24(22-13-9-7-10-14-22)29(35)36-18-26(33)25-17-19(2)31(20(25)3)27-21(4)30(5)32(28(27)34)23-15-11-8-12-16-23/h7-17,24H,6,18H2,1-5H3. The van der Waals surface area contributed by atoms with E-state index in [9.17, 15) is 14.4 Å². The summed E-state index contributed by atoms with van der Waals surface area (Å²) in [6, 6.07) is 20.6. The van der Waals surface area contributed by atoms with Gasteiger partial charge in [0.1, 0.15) is 5.69 Å². The maximum atomic E-state index is 13.5. The highest BCUT2D eigenvalue weighted by atomic mass is 16.5. The van der Waals surface area contributed by atoms with Crippen molar-refractivity contribution in [3.63, 3.8) is 0 Å². The van der Waals surface area contributed by atoms with E-state index >= 15 is 0 Å². The zero-order valence-electron chi connectivity index (χ0n) is 21.3. The summed E-state index contributed by atoms with van der Waals surface area (Å²) in [4.78, 5) is 39.3. The Hall–Kier alpha value is -4.13. The van der Waals surface area contributed by atoms with Crippen LogP contribution in [0.1, 0.15) is 52.3 Å². The Morgan fingerprint density at radius 2 is 1.53 bits per heavy atom. The molecular formula is C29H31N3O4. The summed E-state index contributed by atoms with van der Waals surface area (Å²) >= 11 is 0. The van der Waals surface area contributed by atoms with Gasteiger partial charge in [0.25, 0.3) is 5.56 Å². The van der Waals surface area contributed by atoms with E-state index in [2.05, 4.69) is 0 Å². The highest BCUT2D eigenvalue weighted by Gasteiger charge is 2.25. The molecule has 186 valence electrons. The Morgan fingerprint density at radius 1 is 0.917 bits per heavy atom. The SMILES string of the molecule is CCC(C(=O)OCC(=O)c1cc(C)n(-c2c(C)n(C)n(-c3ccccc3)c2=O)c1C)c1ccccc1. The summed E-state index contributed by atoms with van der Waals surface area (Å²) in [5, 5.41) is 0. The third-order valence-corrected chi connectivity index (χ3v) is 6.72. The van der Waals surface area contributed by atoms with Gasteiger partial charge in [-0.3, -0.25) is 19.1 Å². The first-order valence-corrected chi connectivity index (χ1v) is 12.0. The van der Waals surface area contributed by atoms with Gasteiger partial charge in [-0.2, -0.15) is 0 Å². The van der Waals surface area contributed by atoms with Gasteiger partial charge >= 0.3 is 5.97 Å². The molecule has 0 aliphatic heterocycles. The van der Waals surface area contributed by atoms with Gasteiger partial charge in [-0.05, 0) is 51.0 Å². The fourth-order valence-corrected chi connectivity index (χ4v) is 4.74. The molecule has 0 fully saturated rings. The molecule has 7 heteroatoms. The number of aryl methyl sites for hydroxylation is 1. The van der Waals surface area contributed by atoms with E-state index in [1.807, 2.05) is 97.7 Å². The van der Waals surface area contributed by atoms with Gasteiger partial charge in [0.15, 0.2) is 6.61 Å². The molecule has 0 bridgehead atoms. The number of rotatable bonds is 8. The molecule has 4 aromatic rings. The average Bonchev–Trinajstić information content (AvgIpc) is 3.29. The van der Waals surface area contributed by atoms with Crippen LogP contribution in [0.4, 0.5) is 0 Å². The quantitative estimate of drug-likeness (QED) is 0.265. The Balaban J connectivity index is 1.61. The highest BCUT2D eigenvalue weighted by Crippen LogP contribution is 2.24. The van der Waals surface area contributed by atoms with Crippen molar-refractivity contribution >= 4 is 11.8 Å². The van der Waals surface area contributed by atoms with Crippen LogP contribution in [0.5, 0.6) is 0 Å². The molecule has 0 amide bonds. The van der Waals surface area contributed by atoms with Crippen LogP contribution in [0, 0.1) is 20.8 Å². The number of benzene rings is 2. The van der Waals surface area contributed by atoms with Crippen molar-refractivity contribution < 1.29 is 14.3 Å². The molecule has 36 heavy (non-hydrogen) atoms. The molecule has 0 aliphatic rings. The number of carbonyl (C=O) groups is 2. The van der Waals surface area contributed by atoms with E-state index in [1.54, 1.807) is 17.7 Å². The van der Waals surface area contributed by atoms with E-state index < -0.39 is 11.9 Å². The maximum absolute atomic E-state index is 13.5. The van der Waals surface area contributed by atoms with Crippen LogP contribution in [0.3, 0.4) is 0 Å². The minimum absolute atomic E-state index is 0.179. The van der Waals surface area contributed by atoms with Gasteiger partial charge in [0, 0.05) is 24.0 Å². The zero-order chi connectivity index (χ0) is 26.0. The molecule has 1 unspecified atom stereocenters. The van der Waals surface area contributed by atoms with E-state index in [0.717, 1.165) is 22.6 Å². The van der Waals surface area contributed by atoms with Crippen LogP contribution < -0.4 is 5.56 Å². The topological polar surface area (TPSA) is 75.2 Å². The molecule has 0 aliphatic carbocycles. The molecule has 4 rings (SSSR count). The summed E-state index contributed by atoms with van der Waals surface area (Å²) in [6.07, 6.45) is 0.576. The Morgan fingerprint density at radius 3 is 2.14 bits per heavy atom. The van der Waals surface area contributed by atoms with Gasteiger partial charge in [0.05, 0.1) is 17.3 Å². The number of hydrogen-bond acceptors (Lipinski definition) is 4. The van der Waals surface area contributed by atoms with Gasteiger partial charge in [-0.25, -0.2) is 4.68 Å². The smallest absolute Gasteiger partial charge is 0.313 e. The van der Waals surface area contributed by atoms with Crippen LogP contribution in [-0.2, 0) is 16.6 Å². The van der Waals surface area contributed by atoms with E-state index in [1.165, 1.54) is 0 Å².